The summed E-state index contributed by atoms with van der Waals surface area (Å²) in [6.45, 7) is 0.880. The number of aliphatic hydroxyl groups is 1. The number of alkyl halides is 4. The van der Waals surface area contributed by atoms with Gasteiger partial charge in [-0.15, -0.1) is 0 Å². The Morgan fingerprint density at radius 3 is 2.54 bits per heavy atom. The molecule has 15 heteroatoms. The molecule has 4 aromatic rings. The third kappa shape index (κ3) is 5.11. The summed E-state index contributed by atoms with van der Waals surface area (Å²) in [5, 5.41) is 19.7. The number of carbonyl (C=O) groups is 2. The van der Waals surface area contributed by atoms with Crippen LogP contribution in [0.4, 0.5) is 22.0 Å². The molecule has 2 amide bonds. The predicted octanol–water partition coefficient (Wildman–Crippen LogP) is 4.84. The van der Waals surface area contributed by atoms with E-state index in [2.05, 4.69) is 15.4 Å². The Labute approximate surface area is 270 Å². The first-order valence-corrected chi connectivity index (χ1v) is 15.2. The predicted molar refractivity (Wildman–Crippen MR) is 160 cm³/mol. The Hall–Kier alpha value is -4.79. The van der Waals surface area contributed by atoms with Crippen LogP contribution in [0.2, 0.25) is 0 Å². The summed E-state index contributed by atoms with van der Waals surface area (Å²) >= 11 is 0. The van der Waals surface area contributed by atoms with Gasteiger partial charge in [-0.2, -0.15) is 18.3 Å². The SMILES string of the molecule is COc1cc(C(=O)NCC(O)(c2cc3c(c(-c4ccc(F)c(C(F)(F)F)c4)n2)OC[C@]3(C)C(N)=O)C2CC2)cc2cn(C3(F)CC3)nc12. The second-order valence-corrected chi connectivity index (χ2v) is 12.9. The van der Waals surface area contributed by atoms with E-state index in [1.54, 1.807) is 0 Å². The molecule has 1 unspecified atom stereocenters. The van der Waals surface area contributed by atoms with E-state index < -0.39 is 52.1 Å². The molecule has 2 atom stereocenters. The number of ether oxygens (including phenoxy) is 2. The number of hydrogen-bond acceptors (Lipinski definition) is 7. The van der Waals surface area contributed by atoms with Crippen LogP contribution in [0.1, 0.15) is 59.8 Å². The van der Waals surface area contributed by atoms with Crippen LogP contribution in [0, 0.1) is 11.7 Å². The average molecular weight is 672 g/mol. The zero-order valence-electron chi connectivity index (χ0n) is 25.8. The summed E-state index contributed by atoms with van der Waals surface area (Å²) in [5.74, 6) is -4.65. The Morgan fingerprint density at radius 1 is 1.19 bits per heavy atom. The van der Waals surface area contributed by atoms with Crippen molar-refractivity contribution < 1.29 is 46.1 Å². The minimum atomic E-state index is -5.02. The van der Waals surface area contributed by atoms with Crippen molar-refractivity contribution >= 4 is 22.7 Å². The third-order valence-corrected chi connectivity index (χ3v) is 9.51. The number of primary amides is 1. The van der Waals surface area contributed by atoms with Crippen LogP contribution in [0.5, 0.6) is 11.5 Å². The van der Waals surface area contributed by atoms with Gasteiger partial charge in [-0.1, -0.05) is 0 Å². The molecule has 4 N–H and O–H groups in total. The second-order valence-electron chi connectivity index (χ2n) is 12.9. The highest BCUT2D eigenvalue weighted by molar-refractivity contribution is 6.00. The molecule has 0 spiro atoms. The molecule has 2 aromatic heterocycles. The first-order chi connectivity index (χ1) is 22.6. The van der Waals surface area contributed by atoms with Crippen LogP contribution in [-0.2, 0) is 27.8 Å². The number of rotatable bonds is 9. The van der Waals surface area contributed by atoms with E-state index >= 15 is 0 Å². The van der Waals surface area contributed by atoms with Crippen LogP contribution < -0.4 is 20.5 Å². The van der Waals surface area contributed by atoms with Crippen LogP contribution >= 0.6 is 0 Å². The number of methoxy groups -OCH3 is 1. The average Bonchev–Trinajstić information content (AvgIpc) is 3.96. The van der Waals surface area contributed by atoms with E-state index in [-0.39, 0.29) is 52.7 Å². The molecule has 252 valence electrons. The number of carbonyl (C=O) groups excluding carboxylic acids is 2. The highest BCUT2D eigenvalue weighted by Gasteiger charge is 2.50. The molecule has 0 bridgehead atoms. The Balaban J connectivity index is 1.27. The van der Waals surface area contributed by atoms with Crippen molar-refractivity contribution in [2.24, 2.45) is 11.7 Å². The van der Waals surface area contributed by atoms with Crippen molar-refractivity contribution in [3.05, 3.63) is 70.8 Å². The molecule has 2 aliphatic carbocycles. The molecule has 1 aliphatic heterocycles. The first-order valence-electron chi connectivity index (χ1n) is 15.2. The summed E-state index contributed by atoms with van der Waals surface area (Å²) in [6.07, 6.45) is -1.78. The Morgan fingerprint density at radius 2 is 1.92 bits per heavy atom. The van der Waals surface area contributed by atoms with Gasteiger partial charge in [-0.25, -0.2) is 18.4 Å². The fourth-order valence-electron chi connectivity index (χ4n) is 6.14. The van der Waals surface area contributed by atoms with Gasteiger partial charge in [0.25, 0.3) is 5.91 Å². The lowest BCUT2D eigenvalue weighted by atomic mass is 9.81. The largest absolute Gasteiger partial charge is 0.494 e. The highest BCUT2D eigenvalue weighted by Crippen LogP contribution is 2.50. The molecule has 0 saturated heterocycles. The smallest absolute Gasteiger partial charge is 0.419 e. The van der Waals surface area contributed by atoms with Crippen molar-refractivity contribution in [1.29, 1.82) is 0 Å². The molecule has 7 rings (SSSR count). The van der Waals surface area contributed by atoms with E-state index in [0.29, 0.717) is 48.7 Å². The van der Waals surface area contributed by atoms with E-state index in [9.17, 15) is 36.6 Å². The van der Waals surface area contributed by atoms with Crippen LogP contribution in [0.3, 0.4) is 0 Å². The number of aromatic nitrogens is 3. The van der Waals surface area contributed by atoms with E-state index in [0.717, 1.165) is 6.07 Å². The zero-order valence-corrected chi connectivity index (χ0v) is 25.8. The van der Waals surface area contributed by atoms with Crippen LogP contribution in [-0.4, -0.2) is 51.9 Å². The highest BCUT2D eigenvalue weighted by atomic mass is 19.4. The summed E-state index contributed by atoms with van der Waals surface area (Å²) in [4.78, 5) is 30.7. The molecule has 2 fully saturated rings. The fraction of sp³-hybridized carbons (Fsp3) is 0.394. The molecule has 3 aliphatic rings. The van der Waals surface area contributed by atoms with Crippen LogP contribution in [0.15, 0.2) is 42.6 Å². The zero-order chi connectivity index (χ0) is 34.4. The number of nitrogens with zero attached hydrogens (tertiary/aromatic N) is 3. The van der Waals surface area contributed by atoms with Gasteiger partial charge in [0.2, 0.25) is 11.7 Å². The number of nitrogens with two attached hydrogens (primary N) is 1. The van der Waals surface area contributed by atoms with Gasteiger partial charge >= 0.3 is 6.18 Å². The monoisotopic (exact) mass is 671 g/mol. The molecular weight excluding hydrogens is 641 g/mol. The van der Waals surface area contributed by atoms with Gasteiger partial charge in [0, 0.05) is 41.1 Å². The third-order valence-electron chi connectivity index (χ3n) is 9.51. The number of nitrogens with one attached hydrogen (secondary N) is 1. The minimum Gasteiger partial charge on any atom is -0.494 e. The van der Waals surface area contributed by atoms with Crippen molar-refractivity contribution in [3.63, 3.8) is 0 Å². The minimum absolute atomic E-state index is 0.0239. The summed E-state index contributed by atoms with van der Waals surface area (Å²) < 4.78 is 82.4. The second kappa shape index (κ2) is 10.6. The lowest BCUT2D eigenvalue weighted by molar-refractivity contribution is -0.140. The van der Waals surface area contributed by atoms with Gasteiger partial charge in [-0.3, -0.25) is 9.59 Å². The molecule has 48 heavy (non-hydrogen) atoms. The maximum Gasteiger partial charge on any atom is 0.419 e. The molecule has 0 radical (unpaired) electrons. The fourth-order valence-corrected chi connectivity index (χ4v) is 6.14. The molecule has 10 nitrogen and oxygen atoms in total. The maximum absolute atomic E-state index is 14.7. The standard InChI is InChI=1S/C33H30F5N5O5/c1-30(29(39)45)15-48-27-21(30)12-24(41-26(27)16-3-6-22(34)20(10-16)33(36,37)38)32(46,19-4-5-19)14-40-28(44)17-9-18-13-43(31(35)7-8-31)42-25(18)23(11-17)47-2/h3,6,9-13,19,46H,4-5,7-8,14-15H2,1-2H3,(H2,39,45)(H,40,44)/t30-,32?/m0/s1. The molecule has 3 heterocycles. The lowest BCUT2D eigenvalue weighted by Gasteiger charge is -2.30. The summed E-state index contributed by atoms with van der Waals surface area (Å²) in [5.41, 5.74) is 1.26. The number of benzene rings is 2. The Bertz CT molecular complexity index is 2010. The van der Waals surface area contributed by atoms with Gasteiger partial charge in [0.1, 0.15) is 46.1 Å². The quantitative estimate of drug-likeness (QED) is 0.216. The molecule has 2 saturated carbocycles. The molecule has 2 aromatic carbocycles. The molecular formula is C33H30F5N5O5. The number of halogens is 5. The topological polar surface area (TPSA) is 142 Å². The first kappa shape index (κ1) is 31.8. The Kier molecular flexibility index (Phi) is 7.02. The van der Waals surface area contributed by atoms with Crippen molar-refractivity contribution in [3.8, 4) is 22.8 Å². The van der Waals surface area contributed by atoms with Gasteiger partial charge in [0.05, 0.1) is 24.9 Å². The number of fused-ring (bicyclic) bond motifs is 2. The van der Waals surface area contributed by atoms with Gasteiger partial charge in [-0.05, 0) is 62.1 Å². The van der Waals surface area contributed by atoms with E-state index in [1.807, 2.05) is 0 Å². The van der Waals surface area contributed by atoms with Crippen molar-refractivity contribution in [1.82, 2.24) is 20.1 Å². The number of amides is 2. The maximum atomic E-state index is 14.7. The normalized spacial score (nSPS) is 20.9. The lowest BCUT2D eigenvalue weighted by Crippen LogP contribution is -2.44. The summed E-state index contributed by atoms with van der Waals surface area (Å²) in [7, 11) is 1.39. The summed E-state index contributed by atoms with van der Waals surface area (Å²) in [6, 6.07) is 6.72. The van der Waals surface area contributed by atoms with E-state index in [1.165, 1.54) is 43.1 Å². The van der Waals surface area contributed by atoms with Crippen LogP contribution in [0.25, 0.3) is 22.2 Å². The van der Waals surface area contributed by atoms with Gasteiger partial charge < -0.3 is 25.6 Å². The van der Waals surface area contributed by atoms with Crippen molar-refractivity contribution in [2.45, 2.75) is 55.6 Å². The van der Waals surface area contributed by atoms with E-state index in [4.69, 9.17) is 15.2 Å². The number of hydrogen-bond donors (Lipinski definition) is 3. The van der Waals surface area contributed by atoms with Crippen molar-refractivity contribution in [2.75, 3.05) is 20.3 Å². The van der Waals surface area contributed by atoms with Gasteiger partial charge in [0.15, 0.2) is 0 Å². The number of pyridine rings is 1.